The summed E-state index contributed by atoms with van der Waals surface area (Å²) in [6.07, 6.45) is 9.28. The number of amides is 1. The van der Waals surface area contributed by atoms with Gasteiger partial charge in [-0.2, -0.15) is 5.26 Å². The summed E-state index contributed by atoms with van der Waals surface area (Å²) in [7, 11) is 1.58. The van der Waals surface area contributed by atoms with Crippen LogP contribution in [0.4, 0.5) is 0 Å². The first kappa shape index (κ1) is 17.6. The number of ether oxygens (including phenoxy) is 2. The first-order valence-electron chi connectivity index (χ1n) is 9.24. The fourth-order valence-electron chi connectivity index (χ4n) is 3.80. The molecule has 5 heteroatoms. The molecule has 0 atom stereocenters. The summed E-state index contributed by atoms with van der Waals surface area (Å²) in [5, 5.41) is 12.5. The molecular formula is C20H26N2O3. The van der Waals surface area contributed by atoms with Crippen LogP contribution >= 0.6 is 0 Å². The predicted octanol–water partition coefficient (Wildman–Crippen LogP) is 3.97. The van der Waals surface area contributed by atoms with E-state index < -0.39 is 5.54 Å². The van der Waals surface area contributed by atoms with E-state index in [9.17, 15) is 10.1 Å². The fraction of sp³-hybridized carbons (Fsp3) is 0.600. The monoisotopic (exact) mass is 342 g/mol. The molecule has 0 spiro atoms. The van der Waals surface area contributed by atoms with E-state index in [2.05, 4.69) is 11.4 Å². The van der Waals surface area contributed by atoms with Gasteiger partial charge in [0.15, 0.2) is 11.5 Å². The molecule has 2 saturated carbocycles. The van der Waals surface area contributed by atoms with E-state index >= 15 is 0 Å². The topological polar surface area (TPSA) is 71.3 Å². The van der Waals surface area contributed by atoms with Crippen LogP contribution in [0.15, 0.2) is 18.2 Å². The lowest BCUT2D eigenvalue weighted by Crippen LogP contribution is -2.48. The zero-order valence-electron chi connectivity index (χ0n) is 14.8. The third-order valence-electron chi connectivity index (χ3n) is 5.30. The molecule has 0 aliphatic heterocycles. The number of carbonyl (C=O) groups is 1. The van der Waals surface area contributed by atoms with E-state index in [0.29, 0.717) is 17.1 Å². The molecule has 0 unspecified atom stereocenters. The number of nitrogens with one attached hydrogen (secondary N) is 1. The van der Waals surface area contributed by atoms with Gasteiger partial charge in [-0.3, -0.25) is 4.79 Å². The summed E-state index contributed by atoms with van der Waals surface area (Å²) >= 11 is 0. The van der Waals surface area contributed by atoms with Gasteiger partial charge in [0.2, 0.25) is 0 Å². The number of rotatable bonds is 5. The van der Waals surface area contributed by atoms with Crippen LogP contribution < -0.4 is 14.8 Å². The molecule has 0 aromatic heterocycles. The van der Waals surface area contributed by atoms with Crippen LogP contribution in [0.2, 0.25) is 0 Å². The summed E-state index contributed by atoms with van der Waals surface area (Å²) in [6.45, 7) is 0. The van der Waals surface area contributed by atoms with Gasteiger partial charge < -0.3 is 14.8 Å². The van der Waals surface area contributed by atoms with Gasteiger partial charge in [-0.15, -0.1) is 0 Å². The maximum atomic E-state index is 12.6. The van der Waals surface area contributed by atoms with Gasteiger partial charge in [-0.05, 0) is 56.7 Å². The third kappa shape index (κ3) is 4.07. The maximum absolute atomic E-state index is 12.6. The molecule has 0 saturated heterocycles. The minimum atomic E-state index is -0.735. The molecular weight excluding hydrogens is 316 g/mol. The Hall–Kier alpha value is -2.22. The number of nitrogens with zero attached hydrogens (tertiary/aromatic N) is 1. The van der Waals surface area contributed by atoms with Crippen molar-refractivity contribution in [2.24, 2.45) is 0 Å². The van der Waals surface area contributed by atoms with Gasteiger partial charge in [0.25, 0.3) is 5.91 Å². The summed E-state index contributed by atoms with van der Waals surface area (Å²) in [6, 6.07) is 7.56. The SMILES string of the molecule is COc1cc(C(=O)NC2(C#N)CCCCC2)ccc1OC1CCCC1. The second-order valence-electron chi connectivity index (χ2n) is 7.10. The Balaban J connectivity index is 1.73. The van der Waals surface area contributed by atoms with Gasteiger partial charge in [-0.25, -0.2) is 0 Å². The van der Waals surface area contributed by atoms with Gasteiger partial charge >= 0.3 is 0 Å². The highest BCUT2D eigenvalue weighted by Gasteiger charge is 2.34. The molecule has 3 rings (SSSR count). The van der Waals surface area contributed by atoms with Crippen LogP contribution in [-0.4, -0.2) is 24.7 Å². The minimum Gasteiger partial charge on any atom is -0.493 e. The third-order valence-corrected chi connectivity index (χ3v) is 5.30. The van der Waals surface area contributed by atoms with Crippen LogP contribution in [0.3, 0.4) is 0 Å². The largest absolute Gasteiger partial charge is 0.493 e. The molecule has 2 aliphatic carbocycles. The fourth-order valence-corrected chi connectivity index (χ4v) is 3.80. The first-order chi connectivity index (χ1) is 12.2. The van der Waals surface area contributed by atoms with Crippen molar-refractivity contribution in [3.63, 3.8) is 0 Å². The summed E-state index contributed by atoms with van der Waals surface area (Å²) in [5.74, 6) is 1.02. The number of hydrogen-bond acceptors (Lipinski definition) is 4. The Morgan fingerprint density at radius 3 is 2.52 bits per heavy atom. The average Bonchev–Trinajstić information content (AvgIpc) is 3.16. The smallest absolute Gasteiger partial charge is 0.252 e. The Morgan fingerprint density at radius 2 is 1.88 bits per heavy atom. The molecule has 1 amide bonds. The zero-order valence-corrected chi connectivity index (χ0v) is 14.8. The second kappa shape index (κ2) is 7.77. The Morgan fingerprint density at radius 1 is 1.16 bits per heavy atom. The van der Waals surface area contributed by atoms with Crippen LogP contribution in [0.25, 0.3) is 0 Å². The Bertz CT molecular complexity index is 653. The van der Waals surface area contributed by atoms with Crippen molar-refractivity contribution in [1.29, 1.82) is 5.26 Å². The van der Waals surface area contributed by atoms with E-state index in [-0.39, 0.29) is 12.0 Å². The van der Waals surface area contributed by atoms with Crippen molar-refractivity contribution in [3.05, 3.63) is 23.8 Å². The van der Waals surface area contributed by atoms with Crippen molar-refractivity contribution >= 4 is 5.91 Å². The van der Waals surface area contributed by atoms with E-state index in [1.165, 1.54) is 12.8 Å². The highest BCUT2D eigenvalue weighted by molar-refractivity contribution is 5.95. The highest BCUT2D eigenvalue weighted by atomic mass is 16.5. The predicted molar refractivity (Wildman–Crippen MR) is 94.8 cm³/mol. The van der Waals surface area contributed by atoms with Crippen molar-refractivity contribution in [3.8, 4) is 17.6 Å². The van der Waals surface area contributed by atoms with Crippen molar-refractivity contribution in [1.82, 2.24) is 5.32 Å². The molecule has 2 fully saturated rings. The van der Waals surface area contributed by atoms with E-state index in [1.807, 2.05) is 0 Å². The van der Waals surface area contributed by atoms with Gasteiger partial charge in [0, 0.05) is 5.56 Å². The lowest BCUT2D eigenvalue weighted by molar-refractivity contribution is 0.0902. The van der Waals surface area contributed by atoms with E-state index in [1.54, 1.807) is 25.3 Å². The average molecular weight is 342 g/mol. The maximum Gasteiger partial charge on any atom is 0.252 e. The zero-order chi connectivity index (χ0) is 17.7. The van der Waals surface area contributed by atoms with Gasteiger partial charge in [-0.1, -0.05) is 19.3 Å². The van der Waals surface area contributed by atoms with Crippen molar-refractivity contribution in [2.45, 2.75) is 69.4 Å². The van der Waals surface area contributed by atoms with Crippen LogP contribution in [0.5, 0.6) is 11.5 Å². The summed E-state index contributed by atoms with van der Waals surface area (Å²) in [5.41, 5.74) is -0.238. The molecule has 0 bridgehead atoms. The standard InChI is InChI=1S/C20H26N2O3/c1-24-18-13-15(9-10-17(18)25-16-7-3-4-8-16)19(23)22-20(14-21)11-5-2-6-12-20/h9-10,13,16H,2-8,11-12H2,1H3,(H,22,23). The van der Waals surface area contributed by atoms with Crippen LogP contribution in [0.1, 0.15) is 68.1 Å². The number of methoxy groups -OCH3 is 1. The quantitative estimate of drug-likeness (QED) is 0.879. The molecule has 1 aromatic rings. The molecule has 25 heavy (non-hydrogen) atoms. The van der Waals surface area contributed by atoms with E-state index in [4.69, 9.17) is 9.47 Å². The molecule has 134 valence electrons. The summed E-state index contributed by atoms with van der Waals surface area (Å²) in [4.78, 5) is 12.6. The second-order valence-corrected chi connectivity index (χ2v) is 7.10. The first-order valence-corrected chi connectivity index (χ1v) is 9.24. The van der Waals surface area contributed by atoms with Crippen molar-refractivity contribution in [2.75, 3.05) is 7.11 Å². The highest BCUT2D eigenvalue weighted by Crippen LogP contribution is 2.33. The Kier molecular flexibility index (Phi) is 5.47. The molecule has 0 heterocycles. The number of nitriles is 1. The number of hydrogen-bond donors (Lipinski definition) is 1. The lowest BCUT2D eigenvalue weighted by Gasteiger charge is -2.31. The minimum absolute atomic E-state index is 0.228. The molecule has 5 nitrogen and oxygen atoms in total. The molecule has 1 aromatic carbocycles. The number of benzene rings is 1. The Labute approximate surface area is 149 Å². The van der Waals surface area contributed by atoms with Crippen molar-refractivity contribution < 1.29 is 14.3 Å². The number of carbonyl (C=O) groups excluding carboxylic acids is 1. The molecule has 1 N–H and O–H groups in total. The molecule has 0 radical (unpaired) electrons. The van der Waals surface area contributed by atoms with Gasteiger partial charge in [0.1, 0.15) is 5.54 Å². The van der Waals surface area contributed by atoms with Gasteiger partial charge in [0.05, 0.1) is 19.3 Å². The van der Waals surface area contributed by atoms with Crippen LogP contribution in [0, 0.1) is 11.3 Å². The normalized spacial score (nSPS) is 19.8. The van der Waals surface area contributed by atoms with Crippen LogP contribution in [-0.2, 0) is 0 Å². The molecule has 2 aliphatic rings. The summed E-state index contributed by atoms with van der Waals surface area (Å²) < 4.78 is 11.4. The van der Waals surface area contributed by atoms with E-state index in [0.717, 1.165) is 44.9 Å². The lowest BCUT2D eigenvalue weighted by atomic mass is 9.82.